The topological polar surface area (TPSA) is 87.0 Å². The first kappa shape index (κ1) is 23.9. The molecule has 0 bridgehead atoms. The first-order chi connectivity index (χ1) is 12.9. The SMILES string of the molecule is CCC=CCCC=C[C@H]1CC[C@H](O)[C@@H]1CCCCCC(O)(OCC)C(=O)O. The molecule has 0 aliphatic heterocycles. The fourth-order valence-electron chi connectivity index (χ4n) is 3.87. The van der Waals surface area contributed by atoms with E-state index in [1.54, 1.807) is 6.92 Å². The van der Waals surface area contributed by atoms with Crippen molar-refractivity contribution in [2.75, 3.05) is 6.61 Å². The molecule has 1 rings (SSSR count). The monoisotopic (exact) mass is 382 g/mol. The van der Waals surface area contributed by atoms with Crippen LogP contribution in [0, 0.1) is 11.8 Å². The number of carboxylic acid groups (broad SMARTS) is 1. The number of rotatable bonds is 14. The molecule has 0 aromatic carbocycles. The van der Waals surface area contributed by atoms with E-state index in [9.17, 15) is 15.0 Å². The van der Waals surface area contributed by atoms with Crippen molar-refractivity contribution in [1.29, 1.82) is 0 Å². The zero-order chi connectivity index (χ0) is 20.1. The maximum Gasteiger partial charge on any atom is 0.364 e. The van der Waals surface area contributed by atoms with Gasteiger partial charge in [0, 0.05) is 13.0 Å². The third-order valence-electron chi connectivity index (χ3n) is 5.40. The lowest BCUT2D eigenvalue weighted by Crippen LogP contribution is -2.41. The van der Waals surface area contributed by atoms with Crippen LogP contribution in [0.5, 0.6) is 0 Å². The summed E-state index contributed by atoms with van der Waals surface area (Å²) < 4.78 is 4.99. The summed E-state index contributed by atoms with van der Waals surface area (Å²) in [6, 6.07) is 0. The smallest absolute Gasteiger partial charge is 0.364 e. The van der Waals surface area contributed by atoms with Crippen LogP contribution in [0.2, 0.25) is 0 Å². The second-order valence-corrected chi connectivity index (χ2v) is 7.48. The van der Waals surface area contributed by atoms with Gasteiger partial charge in [-0.2, -0.15) is 0 Å². The van der Waals surface area contributed by atoms with Gasteiger partial charge in [0.25, 0.3) is 5.79 Å². The number of carboxylic acids is 1. The van der Waals surface area contributed by atoms with Crippen LogP contribution in [0.4, 0.5) is 0 Å². The normalized spacial score (nSPS) is 25.4. The second kappa shape index (κ2) is 13.1. The number of carbonyl (C=O) groups is 1. The van der Waals surface area contributed by atoms with Gasteiger partial charge in [-0.3, -0.25) is 0 Å². The van der Waals surface area contributed by atoms with Crippen molar-refractivity contribution < 1.29 is 24.9 Å². The lowest BCUT2D eigenvalue weighted by atomic mass is 9.88. The van der Waals surface area contributed by atoms with Gasteiger partial charge < -0.3 is 20.1 Å². The third-order valence-corrected chi connectivity index (χ3v) is 5.40. The van der Waals surface area contributed by atoms with E-state index >= 15 is 0 Å². The van der Waals surface area contributed by atoms with E-state index in [1.807, 2.05) is 0 Å². The van der Waals surface area contributed by atoms with Gasteiger partial charge in [-0.05, 0) is 63.7 Å². The van der Waals surface area contributed by atoms with Crippen LogP contribution in [-0.2, 0) is 9.53 Å². The summed E-state index contributed by atoms with van der Waals surface area (Å²) in [5.74, 6) is -2.67. The van der Waals surface area contributed by atoms with Crippen LogP contribution in [0.3, 0.4) is 0 Å². The Balaban J connectivity index is 2.33. The summed E-state index contributed by atoms with van der Waals surface area (Å²) in [4.78, 5) is 11.1. The van der Waals surface area contributed by atoms with Gasteiger partial charge in [0.15, 0.2) is 0 Å². The van der Waals surface area contributed by atoms with E-state index in [0.29, 0.717) is 12.3 Å². The number of hydrogen-bond donors (Lipinski definition) is 3. The van der Waals surface area contributed by atoms with Gasteiger partial charge in [-0.15, -0.1) is 0 Å². The fourth-order valence-corrected chi connectivity index (χ4v) is 3.87. The second-order valence-electron chi connectivity index (χ2n) is 7.48. The molecule has 5 nitrogen and oxygen atoms in total. The summed E-state index contributed by atoms with van der Waals surface area (Å²) in [6.45, 7) is 3.97. The van der Waals surface area contributed by atoms with E-state index in [1.165, 1.54) is 0 Å². The maximum atomic E-state index is 11.1. The molecule has 156 valence electrons. The predicted molar refractivity (Wildman–Crippen MR) is 107 cm³/mol. The third kappa shape index (κ3) is 8.58. The molecule has 0 radical (unpaired) electrons. The molecule has 5 heteroatoms. The lowest BCUT2D eigenvalue weighted by molar-refractivity contribution is -0.224. The molecule has 0 aromatic rings. The summed E-state index contributed by atoms with van der Waals surface area (Å²) >= 11 is 0. The quantitative estimate of drug-likeness (QED) is 0.235. The molecule has 0 saturated heterocycles. The van der Waals surface area contributed by atoms with Gasteiger partial charge in [0.2, 0.25) is 0 Å². The van der Waals surface area contributed by atoms with Crippen molar-refractivity contribution in [1.82, 2.24) is 0 Å². The van der Waals surface area contributed by atoms with Crippen molar-refractivity contribution in [2.24, 2.45) is 11.8 Å². The van der Waals surface area contributed by atoms with Crippen LogP contribution in [0.15, 0.2) is 24.3 Å². The first-order valence-electron chi connectivity index (χ1n) is 10.5. The Morgan fingerprint density at radius 2 is 1.85 bits per heavy atom. The van der Waals surface area contributed by atoms with Crippen LogP contribution < -0.4 is 0 Å². The molecule has 1 unspecified atom stereocenters. The molecule has 3 N–H and O–H groups in total. The predicted octanol–water partition coefficient (Wildman–Crippen LogP) is 4.44. The minimum atomic E-state index is -2.07. The van der Waals surface area contributed by atoms with Gasteiger partial charge >= 0.3 is 5.97 Å². The van der Waals surface area contributed by atoms with E-state index < -0.39 is 11.8 Å². The standard InChI is InChI=1S/C22H38O5/c1-3-5-6-7-8-10-13-18-15-16-20(23)19(18)14-11-9-12-17-22(26,21(24)25)27-4-2/h5-6,10,13,18-20,23,26H,3-4,7-9,11-12,14-17H2,1-2H3,(H,24,25)/t18-,19+,20-,22?/m0/s1. The number of allylic oxidation sites excluding steroid dienone is 4. The number of aliphatic carboxylic acids is 1. The average molecular weight is 383 g/mol. The lowest BCUT2D eigenvalue weighted by Gasteiger charge is -2.23. The van der Waals surface area contributed by atoms with Crippen LogP contribution in [0.1, 0.15) is 78.1 Å². The number of aliphatic hydroxyl groups excluding tert-OH is 1. The van der Waals surface area contributed by atoms with Crippen molar-refractivity contribution >= 4 is 5.97 Å². The van der Waals surface area contributed by atoms with Crippen LogP contribution >= 0.6 is 0 Å². The van der Waals surface area contributed by atoms with Gasteiger partial charge in [-0.1, -0.05) is 44.1 Å². The fraction of sp³-hybridized carbons (Fsp3) is 0.773. The molecule has 0 spiro atoms. The maximum absolute atomic E-state index is 11.1. The largest absolute Gasteiger partial charge is 0.477 e. The number of hydrogen-bond acceptors (Lipinski definition) is 4. The zero-order valence-electron chi connectivity index (χ0n) is 17.0. The molecular formula is C22H38O5. The summed E-state index contributed by atoms with van der Waals surface area (Å²) in [5, 5.41) is 29.4. The molecule has 1 aliphatic rings. The van der Waals surface area contributed by atoms with E-state index in [2.05, 4.69) is 31.2 Å². The molecule has 27 heavy (non-hydrogen) atoms. The number of unbranched alkanes of at least 4 members (excludes halogenated alkanes) is 3. The van der Waals surface area contributed by atoms with Crippen molar-refractivity contribution in [2.45, 2.75) is 89.9 Å². The Bertz CT molecular complexity index is 473. The first-order valence-corrected chi connectivity index (χ1v) is 10.5. The van der Waals surface area contributed by atoms with Gasteiger partial charge in [0.05, 0.1) is 6.10 Å². The van der Waals surface area contributed by atoms with E-state index in [0.717, 1.165) is 51.4 Å². The molecule has 1 fully saturated rings. The molecular weight excluding hydrogens is 344 g/mol. The highest BCUT2D eigenvalue weighted by atomic mass is 16.6. The molecule has 0 heterocycles. The minimum Gasteiger partial charge on any atom is -0.477 e. The van der Waals surface area contributed by atoms with E-state index in [4.69, 9.17) is 9.84 Å². The molecule has 0 amide bonds. The highest BCUT2D eigenvalue weighted by molar-refractivity contribution is 5.75. The molecule has 4 atom stereocenters. The Kier molecular flexibility index (Phi) is 11.6. The van der Waals surface area contributed by atoms with Crippen molar-refractivity contribution in [3.63, 3.8) is 0 Å². The summed E-state index contributed by atoms with van der Waals surface area (Å²) in [5.41, 5.74) is 0. The Morgan fingerprint density at radius 1 is 1.11 bits per heavy atom. The molecule has 1 aliphatic carbocycles. The molecule has 1 saturated carbocycles. The van der Waals surface area contributed by atoms with Gasteiger partial charge in [-0.25, -0.2) is 4.79 Å². The molecule has 0 aromatic heterocycles. The minimum absolute atomic E-state index is 0.0952. The zero-order valence-corrected chi connectivity index (χ0v) is 17.0. The average Bonchev–Trinajstić information content (AvgIpc) is 2.98. The highest BCUT2D eigenvalue weighted by Gasteiger charge is 2.36. The van der Waals surface area contributed by atoms with Crippen molar-refractivity contribution in [3.8, 4) is 0 Å². The number of ether oxygens (including phenoxy) is 1. The Morgan fingerprint density at radius 3 is 2.52 bits per heavy atom. The van der Waals surface area contributed by atoms with Crippen LogP contribution in [-0.4, -0.2) is 39.8 Å². The van der Waals surface area contributed by atoms with E-state index in [-0.39, 0.29) is 25.0 Å². The number of aliphatic hydroxyl groups is 2. The van der Waals surface area contributed by atoms with Crippen LogP contribution in [0.25, 0.3) is 0 Å². The van der Waals surface area contributed by atoms with Gasteiger partial charge in [0.1, 0.15) is 0 Å². The summed E-state index contributed by atoms with van der Waals surface area (Å²) in [7, 11) is 0. The Hall–Kier alpha value is -1.17. The van der Waals surface area contributed by atoms with Crippen molar-refractivity contribution in [3.05, 3.63) is 24.3 Å². The Labute approximate surface area is 164 Å². The highest BCUT2D eigenvalue weighted by Crippen LogP contribution is 2.37. The summed E-state index contributed by atoms with van der Waals surface area (Å²) in [6.07, 6.45) is 17.1.